The van der Waals surface area contributed by atoms with Gasteiger partial charge in [-0.3, -0.25) is 4.79 Å². The minimum atomic E-state index is -0.0978. The van der Waals surface area contributed by atoms with Crippen molar-refractivity contribution in [1.29, 1.82) is 0 Å². The molecule has 1 aromatic rings. The van der Waals surface area contributed by atoms with Crippen LogP contribution in [0, 0.1) is 0 Å². The molecule has 1 aromatic carbocycles. The Bertz CT molecular complexity index is 726. The van der Waals surface area contributed by atoms with Gasteiger partial charge in [-0.05, 0) is 18.9 Å². The number of fused-ring (bicyclic) bond motifs is 1. The van der Waals surface area contributed by atoms with Gasteiger partial charge in [-0.2, -0.15) is 0 Å². The standard InChI is InChI=1S/C20H28N4O4/c25-18-13-21-7-9-24(18)16-5-2-8-23(14-16)20(26)22-12-15-4-1-6-17-19(15)28-11-3-10-27-17/h1,4,6,16,21H,2-3,5,7-14H2,(H,22,26). The maximum absolute atomic E-state index is 12.7. The zero-order chi connectivity index (χ0) is 19.3. The van der Waals surface area contributed by atoms with Crippen LogP contribution in [0.2, 0.25) is 0 Å². The van der Waals surface area contributed by atoms with Crippen LogP contribution in [0.1, 0.15) is 24.8 Å². The van der Waals surface area contributed by atoms with E-state index >= 15 is 0 Å². The van der Waals surface area contributed by atoms with Crippen molar-refractivity contribution in [2.45, 2.75) is 31.8 Å². The van der Waals surface area contributed by atoms with Gasteiger partial charge in [0.1, 0.15) is 0 Å². The summed E-state index contributed by atoms with van der Waals surface area (Å²) in [6.45, 7) is 4.87. The normalized spacial score (nSPS) is 22.6. The summed E-state index contributed by atoms with van der Waals surface area (Å²) in [5.41, 5.74) is 0.915. The minimum absolute atomic E-state index is 0.0978. The Labute approximate surface area is 165 Å². The van der Waals surface area contributed by atoms with Gasteiger partial charge in [0, 0.05) is 50.7 Å². The van der Waals surface area contributed by atoms with Crippen LogP contribution in [0.15, 0.2) is 18.2 Å². The number of para-hydroxylation sites is 1. The molecular formula is C20H28N4O4. The number of carbonyl (C=O) groups excluding carboxylic acids is 2. The van der Waals surface area contributed by atoms with E-state index in [-0.39, 0.29) is 18.0 Å². The van der Waals surface area contributed by atoms with Gasteiger partial charge < -0.3 is 29.9 Å². The first kappa shape index (κ1) is 18.9. The summed E-state index contributed by atoms with van der Waals surface area (Å²) in [5.74, 6) is 1.59. The van der Waals surface area contributed by atoms with Gasteiger partial charge in [0.05, 0.1) is 19.8 Å². The molecule has 4 rings (SSSR count). The lowest BCUT2D eigenvalue weighted by Crippen LogP contribution is -2.58. The summed E-state index contributed by atoms with van der Waals surface area (Å²) in [6, 6.07) is 5.78. The SMILES string of the molecule is O=C(NCc1cccc2c1OCCCO2)N1CCCC(N2CCNCC2=O)C1. The van der Waals surface area contributed by atoms with E-state index in [2.05, 4.69) is 10.6 Å². The average molecular weight is 388 g/mol. The molecule has 2 fully saturated rings. The predicted molar refractivity (Wildman–Crippen MR) is 103 cm³/mol. The highest BCUT2D eigenvalue weighted by atomic mass is 16.5. The number of rotatable bonds is 3. The van der Waals surface area contributed by atoms with E-state index in [1.54, 1.807) is 0 Å². The Morgan fingerprint density at radius 2 is 2.11 bits per heavy atom. The van der Waals surface area contributed by atoms with Crippen LogP contribution >= 0.6 is 0 Å². The summed E-state index contributed by atoms with van der Waals surface area (Å²) in [6.07, 6.45) is 2.71. The molecule has 2 N–H and O–H groups in total. The van der Waals surface area contributed by atoms with Gasteiger partial charge in [-0.15, -0.1) is 0 Å². The summed E-state index contributed by atoms with van der Waals surface area (Å²) in [5, 5.41) is 6.11. The quantitative estimate of drug-likeness (QED) is 0.806. The van der Waals surface area contributed by atoms with Crippen molar-refractivity contribution in [2.24, 2.45) is 0 Å². The van der Waals surface area contributed by atoms with Crippen LogP contribution in [0.25, 0.3) is 0 Å². The van der Waals surface area contributed by atoms with Crippen molar-refractivity contribution in [3.8, 4) is 11.5 Å². The third-order valence-electron chi connectivity index (χ3n) is 5.53. The van der Waals surface area contributed by atoms with Gasteiger partial charge >= 0.3 is 6.03 Å². The van der Waals surface area contributed by atoms with Gasteiger partial charge in [-0.1, -0.05) is 12.1 Å². The van der Waals surface area contributed by atoms with Crippen molar-refractivity contribution in [2.75, 3.05) is 45.9 Å². The molecule has 1 unspecified atom stereocenters. The van der Waals surface area contributed by atoms with E-state index in [1.165, 1.54) is 0 Å². The van der Waals surface area contributed by atoms with E-state index in [1.807, 2.05) is 28.0 Å². The number of benzene rings is 1. The van der Waals surface area contributed by atoms with Crippen molar-refractivity contribution in [3.63, 3.8) is 0 Å². The number of ether oxygens (including phenoxy) is 2. The van der Waals surface area contributed by atoms with E-state index < -0.39 is 0 Å². The van der Waals surface area contributed by atoms with Crippen LogP contribution in [0.4, 0.5) is 4.79 Å². The van der Waals surface area contributed by atoms with Gasteiger partial charge in [0.2, 0.25) is 5.91 Å². The summed E-state index contributed by atoms with van der Waals surface area (Å²) >= 11 is 0. The molecule has 0 saturated carbocycles. The Morgan fingerprint density at radius 3 is 3.00 bits per heavy atom. The number of nitrogens with one attached hydrogen (secondary N) is 2. The second-order valence-electron chi connectivity index (χ2n) is 7.46. The third kappa shape index (κ3) is 4.16. The molecule has 3 heterocycles. The molecule has 2 saturated heterocycles. The Kier molecular flexibility index (Phi) is 5.85. The Balaban J connectivity index is 1.36. The topological polar surface area (TPSA) is 83.1 Å². The van der Waals surface area contributed by atoms with Crippen LogP contribution in [0.5, 0.6) is 11.5 Å². The molecule has 8 nitrogen and oxygen atoms in total. The molecule has 3 aliphatic heterocycles. The minimum Gasteiger partial charge on any atom is -0.490 e. The number of amides is 3. The molecule has 0 aliphatic carbocycles. The highest BCUT2D eigenvalue weighted by molar-refractivity contribution is 5.79. The van der Waals surface area contributed by atoms with Gasteiger partial charge in [0.25, 0.3) is 0 Å². The number of piperazine rings is 1. The number of hydrogen-bond acceptors (Lipinski definition) is 5. The summed E-state index contributed by atoms with van der Waals surface area (Å²) < 4.78 is 11.5. The number of carbonyl (C=O) groups is 2. The molecule has 152 valence electrons. The van der Waals surface area contributed by atoms with Gasteiger partial charge in [0.15, 0.2) is 11.5 Å². The molecule has 1 atom stereocenters. The molecule has 3 amide bonds. The number of nitrogens with zero attached hydrogens (tertiary/aromatic N) is 2. The molecule has 28 heavy (non-hydrogen) atoms. The third-order valence-corrected chi connectivity index (χ3v) is 5.53. The maximum atomic E-state index is 12.7. The van der Waals surface area contributed by atoms with E-state index in [0.29, 0.717) is 39.4 Å². The van der Waals surface area contributed by atoms with Crippen LogP contribution in [-0.2, 0) is 11.3 Å². The molecule has 0 aromatic heterocycles. The smallest absolute Gasteiger partial charge is 0.317 e. The first-order chi connectivity index (χ1) is 13.7. The van der Waals surface area contributed by atoms with Gasteiger partial charge in [-0.25, -0.2) is 4.79 Å². The zero-order valence-electron chi connectivity index (χ0n) is 16.1. The number of urea groups is 1. The fraction of sp³-hybridized carbons (Fsp3) is 0.600. The van der Waals surface area contributed by atoms with Crippen LogP contribution < -0.4 is 20.1 Å². The first-order valence-electron chi connectivity index (χ1n) is 10.1. The lowest BCUT2D eigenvalue weighted by Gasteiger charge is -2.41. The summed E-state index contributed by atoms with van der Waals surface area (Å²) in [7, 11) is 0. The average Bonchev–Trinajstić information content (AvgIpc) is 2.98. The van der Waals surface area contributed by atoms with Crippen molar-refractivity contribution < 1.29 is 19.1 Å². The maximum Gasteiger partial charge on any atom is 0.317 e. The molecule has 0 radical (unpaired) electrons. The van der Waals surface area contributed by atoms with E-state index in [9.17, 15) is 9.59 Å². The largest absolute Gasteiger partial charge is 0.490 e. The number of hydrogen-bond donors (Lipinski definition) is 2. The fourth-order valence-corrected chi connectivity index (χ4v) is 4.08. The van der Waals surface area contributed by atoms with Crippen molar-refractivity contribution in [3.05, 3.63) is 23.8 Å². The molecular weight excluding hydrogens is 360 g/mol. The number of likely N-dealkylation sites (tertiary alicyclic amines) is 1. The Hall–Kier alpha value is -2.48. The van der Waals surface area contributed by atoms with Crippen molar-refractivity contribution in [1.82, 2.24) is 20.4 Å². The summed E-state index contributed by atoms with van der Waals surface area (Å²) in [4.78, 5) is 28.7. The van der Waals surface area contributed by atoms with Crippen molar-refractivity contribution >= 4 is 11.9 Å². The fourth-order valence-electron chi connectivity index (χ4n) is 4.08. The monoisotopic (exact) mass is 388 g/mol. The highest BCUT2D eigenvalue weighted by Crippen LogP contribution is 2.33. The second kappa shape index (κ2) is 8.68. The van der Waals surface area contributed by atoms with E-state index in [0.717, 1.165) is 49.4 Å². The molecule has 0 spiro atoms. The first-order valence-corrected chi connectivity index (χ1v) is 10.1. The number of piperidine rings is 1. The van der Waals surface area contributed by atoms with Crippen LogP contribution in [-0.4, -0.2) is 73.7 Å². The lowest BCUT2D eigenvalue weighted by molar-refractivity contribution is -0.135. The highest BCUT2D eigenvalue weighted by Gasteiger charge is 2.31. The molecule has 3 aliphatic rings. The Morgan fingerprint density at radius 1 is 1.21 bits per heavy atom. The zero-order valence-corrected chi connectivity index (χ0v) is 16.1. The molecule has 0 bridgehead atoms. The van der Waals surface area contributed by atoms with Crippen LogP contribution in [0.3, 0.4) is 0 Å². The van der Waals surface area contributed by atoms with E-state index in [4.69, 9.17) is 9.47 Å². The molecule has 8 heteroatoms. The predicted octanol–water partition coefficient (Wildman–Crippen LogP) is 0.954. The second-order valence-corrected chi connectivity index (χ2v) is 7.46. The lowest BCUT2D eigenvalue weighted by atomic mass is 10.0.